The van der Waals surface area contributed by atoms with Crippen LogP contribution >= 0.6 is 0 Å². The van der Waals surface area contributed by atoms with Crippen LogP contribution in [0.25, 0.3) is 21.8 Å². The van der Waals surface area contributed by atoms with Gasteiger partial charge in [-0.05, 0) is 38.1 Å². The van der Waals surface area contributed by atoms with Crippen LogP contribution in [0.5, 0.6) is 0 Å². The van der Waals surface area contributed by atoms with Crippen molar-refractivity contribution in [1.29, 1.82) is 5.26 Å². The summed E-state index contributed by atoms with van der Waals surface area (Å²) in [6.45, 7) is 4.85. The van der Waals surface area contributed by atoms with Crippen molar-refractivity contribution < 1.29 is 0 Å². The summed E-state index contributed by atoms with van der Waals surface area (Å²) in [5.74, 6) is 6.39. The average Bonchev–Trinajstić information content (AvgIpc) is 3.27. The summed E-state index contributed by atoms with van der Waals surface area (Å²) in [7, 11) is 0. The molecule has 0 spiro atoms. The van der Waals surface area contributed by atoms with Crippen molar-refractivity contribution in [2.24, 2.45) is 5.73 Å². The van der Waals surface area contributed by atoms with Gasteiger partial charge in [0.2, 0.25) is 5.95 Å². The van der Waals surface area contributed by atoms with Gasteiger partial charge in [-0.3, -0.25) is 19.1 Å². The van der Waals surface area contributed by atoms with E-state index in [0.29, 0.717) is 18.2 Å². The molecule has 10 heteroatoms. The number of aryl methyl sites for hydroxylation is 1. The van der Waals surface area contributed by atoms with Crippen LogP contribution < -0.4 is 21.8 Å². The molecule has 0 saturated carbocycles. The van der Waals surface area contributed by atoms with Crippen molar-refractivity contribution in [3.8, 4) is 17.9 Å². The molecule has 1 saturated heterocycles. The fourth-order valence-electron chi connectivity index (χ4n) is 5.07. The van der Waals surface area contributed by atoms with E-state index in [0.717, 1.165) is 40.5 Å². The fraction of sp³-hybridized carbons (Fsp3) is 0.370. The maximum atomic E-state index is 14.1. The third kappa shape index (κ3) is 4.37. The number of fused-ring (bicyclic) bond motifs is 2. The number of anilines is 1. The van der Waals surface area contributed by atoms with Gasteiger partial charge < -0.3 is 10.6 Å². The lowest BCUT2D eigenvalue weighted by Gasteiger charge is -2.31. The summed E-state index contributed by atoms with van der Waals surface area (Å²) in [5, 5.41) is 11.4. The molecule has 3 aromatic heterocycles. The largest absolute Gasteiger partial charge is 0.341 e. The predicted octanol–water partition coefficient (Wildman–Crippen LogP) is 1.74. The van der Waals surface area contributed by atoms with Crippen LogP contribution in [-0.2, 0) is 19.6 Å². The number of nitrogens with two attached hydrogens (primary N) is 1. The van der Waals surface area contributed by atoms with Crippen molar-refractivity contribution in [2.45, 2.75) is 52.4 Å². The summed E-state index contributed by atoms with van der Waals surface area (Å²) in [5.41, 5.74) is 6.94. The van der Waals surface area contributed by atoms with Gasteiger partial charge in [0.1, 0.15) is 12.1 Å². The number of aromatic nitrogens is 5. The molecule has 2 N–H and O–H groups in total. The van der Waals surface area contributed by atoms with Crippen molar-refractivity contribution >= 4 is 27.8 Å². The Morgan fingerprint density at radius 3 is 2.70 bits per heavy atom. The second kappa shape index (κ2) is 9.92. The third-order valence-corrected chi connectivity index (χ3v) is 6.73. The zero-order chi connectivity index (χ0) is 26.1. The highest BCUT2D eigenvalue weighted by molar-refractivity contribution is 5.85. The molecule has 0 bridgehead atoms. The van der Waals surface area contributed by atoms with Crippen LogP contribution in [0.2, 0.25) is 0 Å². The van der Waals surface area contributed by atoms with E-state index in [9.17, 15) is 14.9 Å². The van der Waals surface area contributed by atoms with Crippen molar-refractivity contribution in [3.63, 3.8) is 0 Å². The van der Waals surface area contributed by atoms with Crippen molar-refractivity contribution in [1.82, 2.24) is 23.9 Å². The van der Waals surface area contributed by atoms with E-state index in [4.69, 9.17) is 5.73 Å². The Morgan fingerprint density at radius 1 is 1.14 bits per heavy atom. The molecule has 4 heterocycles. The monoisotopic (exact) mass is 496 g/mol. The number of nitrogens with zero attached hydrogens (tertiary/aromatic N) is 7. The topological polar surface area (TPSA) is 128 Å². The molecule has 37 heavy (non-hydrogen) atoms. The first-order valence-corrected chi connectivity index (χ1v) is 12.3. The van der Waals surface area contributed by atoms with Crippen LogP contribution in [-0.4, -0.2) is 43.0 Å². The second-order valence-electron chi connectivity index (χ2n) is 9.29. The van der Waals surface area contributed by atoms with Gasteiger partial charge in [-0.1, -0.05) is 30.2 Å². The Labute approximate surface area is 213 Å². The summed E-state index contributed by atoms with van der Waals surface area (Å²) < 4.78 is 4.19. The molecule has 1 aliphatic rings. The van der Waals surface area contributed by atoms with E-state index in [2.05, 4.69) is 21.8 Å². The molecule has 1 unspecified atom stereocenters. The smallest absolute Gasteiger partial charge is 0.294 e. The first-order valence-electron chi connectivity index (χ1n) is 12.3. The molecule has 0 amide bonds. The fourth-order valence-corrected chi connectivity index (χ4v) is 5.07. The zero-order valence-electron chi connectivity index (χ0n) is 20.9. The number of benzene rings is 1. The van der Waals surface area contributed by atoms with Crippen LogP contribution in [0.1, 0.15) is 31.2 Å². The Bertz CT molecular complexity index is 1730. The number of hydrogen-bond donors (Lipinski definition) is 1. The maximum absolute atomic E-state index is 14.1. The first kappa shape index (κ1) is 24.3. The molecule has 0 aliphatic carbocycles. The normalized spacial score (nSPS) is 15.5. The van der Waals surface area contributed by atoms with Crippen LogP contribution in [0, 0.1) is 30.1 Å². The van der Waals surface area contributed by atoms with Crippen LogP contribution in [0.15, 0.2) is 39.9 Å². The lowest BCUT2D eigenvalue weighted by molar-refractivity contribution is 0.476. The minimum absolute atomic E-state index is 0.0214. The minimum atomic E-state index is -0.501. The van der Waals surface area contributed by atoms with E-state index in [1.807, 2.05) is 48.2 Å². The number of rotatable bonds is 5. The van der Waals surface area contributed by atoms with E-state index in [1.165, 1.54) is 4.68 Å². The molecular formula is C27H28N8O2. The lowest BCUT2D eigenvalue weighted by Crippen LogP contribution is -2.44. The standard InChI is InChI=1S/C27H28N8O2/c1-3-4-13-33-24-23(31-27(33)32-12-7-9-20(29)16-32)25(36)34(14-11-28)35(26(24)37)17-22-21-10-6-5-8-19(21)15-18(2)30-22/h5-6,8,10,15,20H,7,9,12-14,16-17,29H2,1-2H3. The quantitative estimate of drug-likeness (QED) is 0.417. The minimum Gasteiger partial charge on any atom is -0.341 e. The summed E-state index contributed by atoms with van der Waals surface area (Å²) in [4.78, 5) is 39.1. The van der Waals surface area contributed by atoms with Crippen LogP contribution in [0.4, 0.5) is 5.95 Å². The van der Waals surface area contributed by atoms with Gasteiger partial charge in [-0.25, -0.2) is 14.3 Å². The van der Waals surface area contributed by atoms with E-state index < -0.39 is 11.1 Å². The summed E-state index contributed by atoms with van der Waals surface area (Å²) in [6, 6.07) is 11.7. The molecule has 188 valence electrons. The number of imidazole rings is 1. The Hall–Kier alpha value is -4.41. The Balaban J connectivity index is 1.78. The van der Waals surface area contributed by atoms with Gasteiger partial charge in [-0.2, -0.15) is 5.26 Å². The summed E-state index contributed by atoms with van der Waals surface area (Å²) in [6.07, 6.45) is 1.80. The maximum Gasteiger partial charge on any atom is 0.294 e. The number of hydrogen-bond acceptors (Lipinski definition) is 7. The lowest BCUT2D eigenvalue weighted by atomic mass is 10.1. The van der Waals surface area contributed by atoms with Gasteiger partial charge in [-0.15, -0.1) is 5.92 Å². The molecule has 1 fully saturated rings. The van der Waals surface area contributed by atoms with Gasteiger partial charge in [0.05, 0.1) is 24.9 Å². The molecule has 1 aromatic carbocycles. The highest BCUT2D eigenvalue weighted by Crippen LogP contribution is 2.23. The average molecular weight is 497 g/mol. The summed E-state index contributed by atoms with van der Waals surface area (Å²) >= 11 is 0. The van der Waals surface area contributed by atoms with Gasteiger partial charge in [0.25, 0.3) is 11.1 Å². The van der Waals surface area contributed by atoms with E-state index in [1.54, 1.807) is 11.5 Å². The van der Waals surface area contributed by atoms with E-state index in [-0.39, 0.29) is 36.7 Å². The van der Waals surface area contributed by atoms with Crippen LogP contribution in [0.3, 0.4) is 0 Å². The number of nitriles is 1. The SMILES string of the molecule is CC#CCn1c(N2CCCC(N)C2)nc2c(=O)n(CC#N)n(Cc3nc(C)cc4ccccc34)c(=O)c21. The highest BCUT2D eigenvalue weighted by atomic mass is 16.2. The van der Waals surface area contributed by atoms with Gasteiger partial charge in [0.15, 0.2) is 5.52 Å². The zero-order valence-corrected chi connectivity index (χ0v) is 20.9. The molecular weight excluding hydrogens is 468 g/mol. The predicted molar refractivity (Wildman–Crippen MR) is 142 cm³/mol. The number of piperidine rings is 1. The Morgan fingerprint density at radius 2 is 1.95 bits per heavy atom. The number of pyridine rings is 1. The van der Waals surface area contributed by atoms with Gasteiger partial charge >= 0.3 is 0 Å². The first-order chi connectivity index (χ1) is 17.9. The molecule has 5 rings (SSSR count). The second-order valence-corrected chi connectivity index (χ2v) is 9.29. The molecule has 1 atom stereocenters. The highest BCUT2D eigenvalue weighted by Gasteiger charge is 2.27. The van der Waals surface area contributed by atoms with Crippen molar-refractivity contribution in [3.05, 3.63) is 62.4 Å². The van der Waals surface area contributed by atoms with Crippen molar-refractivity contribution in [2.75, 3.05) is 18.0 Å². The Kier molecular flexibility index (Phi) is 6.51. The van der Waals surface area contributed by atoms with E-state index >= 15 is 0 Å². The molecule has 10 nitrogen and oxygen atoms in total. The van der Waals surface area contributed by atoms with Gasteiger partial charge in [0, 0.05) is 30.2 Å². The third-order valence-electron chi connectivity index (χ3n) is 6.73. The molecule has 4 aromatic rings. The molecule has 0 radical (unpaired) electrons. The molecule has 1 aliphatic heterocycles.